The predicted octanol–water partition coefficient (Wildman–Crippen LogP) is 2.98. The molecule has 0 heterocycles. The topological polar surface area (TPSA) is 21.3 Å². The first-order valence-electron chi connectivity index (χ1n) is 5.98. The minimum atomic E-state index is -0.144. The van der Waals surface area contributed by atoms with Crippen LogP contribution in [0, 0.1) is 11.2 Å². The van der Waals surface area contributed by atoms with E-state index in [0.29, 0.717) is 6.54 Å². The third kappa shape index (κ3) is 5.29. The molecule has 0 unspecified atom stereocenters. The maximum Gasteiger partial charge on any atom is 0.127 e. The number of ether oxygens (including phenoxy) is 1. The summed E-state index contributed by atoms with van der Waals surface area (Å²) in [6, 6.07) is 6.87. The zero-order valence-corrected chi connectivity index (χ0v) is 10.9. The van der Waals surface area contributed by atoms with Crippen molar-refractivity contribution in [1.82, 2.24) is 5.32 Å². The van der Waals surface area contributed by atoms with Gasteiger partial charge in [-0.25, -0.2) is 4.39 Å². The molecule has 3 heteroatoms. The molecule has 0 fully saturated rings. The molecular formula is C14H22FNO. The number of rotatable bonds is 7. The number of nitrogens with one attached hydrogen (secondary N) is 1. The normalized spacial score (nSPS) is 11.8. The van der Waals surface area contributed by atoms with E-state index in [1.165, 1.54) is 6.07 Å². The van der Waals surface area contributed by atoms with Crippen molar-refractivity contribution in [2.45, 2.75) is 26.8 Å². The van der Waals surface area contributed by atoms with E-state index in [-0.39, 0.29) is 11.2 Å². The van der Waals surface area contributed by atoms with Crippen LogP contribution in [0.5, 0.6) is 0 Å². The first-order valence-corrected chi connectivity index (χ1v) is 5.98. The summed E-state index contributed by atoms with van der Waals surface area (Å²) in [5.74, 6) is -0.144. The van der Waals surface area contributed by atoms with E-state index >= 15 is 0 Å². The molecule has 2 nitrogen and oxygen atoms in total. The molecule has 1 N–H and O–H groups in total. The second kappa shape index (κ2) is 6.72. The lowest BCUT2D eigenvalue weighted by molar-refractivity contribution is 0.150. The van der Waals surface area contributed by atoms with E-state index in [1.807, 2.05) is 12.1 Å². The van der Waals surface area contributed by atoms with Gasteiger partial charge in [-0.05, 0) is 17.9 Å². The van der Waals surface area contributed by atoms with Gasteiger partial charge in [0.2, 0.25) is 0 Å². The molecule has 0 aliphatic rings. The third-order valence-electron chi connectivity index (χ3n) is 2.86. The smallest absolute Gasteiger partial charge is 0.127 e. The van der Waals surface area contributed by atoms with Crippen LogP contribution in [0.25, 0.3) is 0 Å². The van der Waals surface area contributed by atoms with Gasteiger partial charge in [-0.15, -0.1) is 0 Å². The van der Waals surface area contributed by atoms with Crippen LogP contribution in [-0.4, -0.2) is 20.3 Å². The minimum absolute atomic E-state index is 0.144. The van der Waals surface area contributed by atoms with Crippen molar-refractivity contribution >= 4 is 0 Å². The summed E-state index contributed by atoms with van der Waals surface area (Å²) in [6.45, 7) is 6.54. The molecule has 1 rings (SSSR count). The fourth-order valence-electron chi connectivity index (χ4n) is 1.64. The van der Waals surface area contributed by atoms with Crippen LogP contribution in [-0.2, 0) is 11.3 Å². The lowest BCUT2D eigenvalue weighted by atomic mass is 9.89. The van der Waals surface area contributed by atoms with E-state index in [4.69, 9.17) is 4.74 Å². The Hall–Kier alpha value is -0.930. The molecule has 0 aromatic heterocycles. The molecule has 0 saturated carbocycles. The van der Waals surface area contributed by atoms with E-state index < -0.39 is 0 Å². The Balaban J connectivity index is 2.35. The number of methoxy groups -OCH3 is 1. The lowest BCUT2D eigenvalue weighted by Crippen LogP contribution is -2.30. The maximum atomic E-state index is 13.4. The second-order valence-corrected chi connectivity index (χ2v) is 5.10. The molecule has 17 heavy (non-hydrogen) atoms. The summed E-state index contributed by atoms with van der Waals surface area (Å²) in [6.07, 6.45) is 0.994. The highest BCUT2D eigenvalue weighted by Gasteiger charge is 2.16. The number of benzene rings is 1. The number of halogens is 1. The molecule has 96 valence electrons. The summed E-state index contributed by atoms with van der Waals surface area (Å²) in [5.41, 5.74) is 0.886. The zero-order valence-electron chi connectivity index (χ0n) is 10.9. The van der Waals surface area contributed by atoms with Gasteiger partial charge in [-0.2, -0.15) is 0 Å². The number of hydrogen-bond donors (Lipinski definition) is 1. The van der Waals surface area contributed by atoms with Gasteiger partial charge in [0.1, 0.15) is 5.82 Å². The summed E-state index contributed by atoms with van der Waals surface area (Å²) < 4.78 is 18.4. The summed E-state index contributed by atoms with van der Waals surface area (Å²) in [7, 11) is 1.71. The molecule has 0 spiro atoms. The molecule has 1 aromatic rings. The fraction of sp³-hybridized carbons (Fsp3) is 0.571. The van der Waals surface area contributed by atoms with Crippen molar-refractivity contribution in [3.8, 4) is 0 Å². The van der Waals surface area contributed by atoms with Gasteiger partial charge in [-0.1, -0.05) is 32.0 Å². The van der Waals surface area contributed by atoms with Gasteiger partial charge in [-0.3, -0.25) is 0 Å². The third-order valence-corrected chi connectivity index (χ3v) is 2.86. The van der Waals surface area contributed by atoms with Crippen LogP contribution in [0.15, 0.2) is 24.3 Å². The zero-order chi connectivity index (χ0) is 12.7. The molecule has 0 radical (unpaired) electrons. The highest BCUT2D eigenvalue weighted by molar-refractivity contribution is 5.16. The Morgan fingerprint density at radius 3 is 2.65 bits per heavy atom. The fourth-order valence-corrected chi connectivity index (χ4v) is 1.64. The van der Waals surface area contributed by atoms with Crippen LogP contribution in [0.4, 0.5) is 4.39 Å². The van der Waals surface area contributed by atoms with E-state index in [2.05, 4.69) is 19.2 Å². The van der Waals surface area contributed by atoms with Crippen LogP contribution in [0.1, 0.15) is 25.8 Å². The summed E-state index contributed by atoms with van der Waals surface area (Å²) in [5, 5.41) is 3.30. The van der Waals surface area contributed by atoms with Gasteiger partial charge in [0.05, 0.1) is 0 Å². The van der Waals surface area contributed by atoms with E-state index in [1.54, 1.807) is 13.2 Å². The van der Waals surface area contributed by atoms with Crippen LogP contribution in [0.3, 0.4) is 0 Å². The lowest BCUT2D eigenvalue weighted by Gasteiger charge is -2.24. The summed E-state index contributed by atoms with van der Waals surface area (Å²) >= 11 is 0. The van der Waals surface area contributed by atoms with Crippen molar-refractivity contribution in [3.63, 3.8) is 0 Å². The second-order valence-electron chi connectivity index (χ2n) is 5.10. The first kappa shape index (κ1) is 14.1. The molecule has 0 amide bonds. The Labute approximate surface area is 103 Å². The van der Waals surface area contributed by atoms with E-state index in [9.17, 15) is 4.39 Å². The van der Waals surface area contributed by atoms with Crippen molar-refractivity contribution in [2.24, 2.45) is 5.41 Å². The van der Waals surface area contributed by atoms with Crippen LogP contribution >= 0.6 is 0 Å². The molecule has 0 aliphatic heterocycles. The van der Waals surface area contributed by atoms with E-state index in [0.717, 1.165) is 25.1 Å². The molecule has 0 atom stereocenters. The maximum absolute atomic E-state index is 13.4. The average Bonchev–Trinajstić information content (AvgIpc) is 2.29. The Kier molecular flexibility index (Phi) is 5.59. The Morgan fingerprint density at radius 1 is 1.29 bits per heavy atom. The highest BCUT2D eigenvalue weighted by atomic mass is 19.1. The molecule has 0 saturated heterocycles. The molecule has 0 bridgehead atoms. The predicted molar refractivity (Wildman–Crippen MR) is 68.4 cm³/mol. The van der Waals surface area contributed by atoms with Gasteiger partial charge in [0.25, 0.3) is 0 Å². The van der Waals surface area contributed by atoms with Crippen molar-refractivity contribution in [3.05, 3.63) is 35.6 Å². The minimum Gasteiger partial charge on any atom is -0.385 e. The van der Waals surface area contributed by atoms with Gasteiger partial charge in [0, 0.05) is 32.4 Å². The van der Waals surface area contributed by atoms with Crippen LogP contribution in [0.2, 0.25) is 0 Å². The SMILES string of the molecule is COCCC(C)(C)CNCc1ccccc1F. The Bertz CT molecular complexity index is 339. The van der Waals surface area contributed by atoms with Crippen LogP contribution < -0.4 is 5.32 Å². The first-order chi connectivity index (χ1) is 8.05. The Morgan fingerprint density at radius 2 is 2.00 bits per heavy atom. The standard InChI is InChI=1S/C14H22FNO/c1-14(2,8-9-17-3)11-16-10-12-6-4-5-7-13(12)15/h4-7,16H,8-11H2,1-3H3. The van der Waals surface area contributed by atoms with Gasteiger partial charge >= 0.3 is 0 Å². The highest BCUT2D eigenvalue weighted by Crippen LogP contribution is 2.19. The van der Waals surface area contributed by atoms with Crippen molar-refractivity contribution < 1.29 is 9.13 Å². The largest absolute Gasteiger partial charge is 0.385 e. The van der Waals surface area contributed by atoms with Crippen molar-refractivity contribution in [1.29, 1.82) is 0 Å². The molecule has 1 aromatic carbocycles. The van der Waals surface area contributed by atoms with Gasteiger partial charge in [0.15, 0.2) is 0 Å². The summed E-state index contributed by atoms with van der Waals surface area (Å²) in [4.78, 5) is 0. The van der Waals surface area contributed by atoms with Crippen molar-refractivity contribution in [2.75, 3.05) is 20.3 Å². The molecule has 0 aliphatic carbocycles. The average molecular weight is 239 g/mol. The monoisotopic (exact) mass is 239 g/mol. The number of hydrogen-bond acceptors (Lipinski definition) is 2. The quantitative estimate of drug-likeness (QED) is 0.790. The van der Waals surface area contributed by atoms with Gasteiger partial charge < -0.3 is 10.1 Å². The molecular weight excluding hydrogens is 217 g/mol.